The molecule has 1 aromatic heterocycles. The maximum atomic E-state index is 13.8. The first kappa shape index (κ1) is 10.9. The molecule has 5 heteroatoms. The number of carbonyl (C=O) groups excluding carboxylic acids is 1. The van der Waals surface area contributed by atoms with Gasteiger partial charge in [-0.15, -0.1) is 0 Å². The van der Waals surface area contributed by atoms with Gasteiger partial charge in [0.05, 0.1) is 5.56 Å². The first-order valence-corrected chi connectivity index (χ1v) is 5.41. The molecule has 2 rings (SSSR count). The van der Waals surface area contributed by atoms with Crippen LogP contribution in [0.4, 0.5) is 10.2 Å². The zero-order chi connectivity index (χ0) is 11.5. The summed E-state index contributed by atoms with van der Waals surface area (Å²) in [6.45, 7) is 2.41. The Hall–Kier alpha value is -1.65. The molecule has 1 saturated carbocycles. The molecule has 1 aliphatic carbocycles. The Morgan fingerprint density at radius 2 is 2.38 bits per heavy atom. The van der Waals surface area contributed by atoms with Gasteiger partial charge in [0.15, 0.2) is 11.6 Å². The lowest BCUT2D eigenvalue weighted by Gasteiger charge is -2.08. The number of nitrogens with one attached hydrogen (secondary N) is 2. The van der Waals surface area contributed by atoms with Gasteiger partial charge >= 0.3 is 0 Å². The summed E-state index contributed by atoms with van der Waals surface area (Å²) in [6, 6.07) is 1.62. The van der Waals surface area contributed by atoms with Gasteiger partial charge in [0.2, 0.25) is 0 Å². The maximum Gasteiger partial charge on any atom is 0.254 e. The number of carbonyl (C=O) groups is 1. The van der Waals surface area contributed by atoms with Crippen molar-refractivity contribution in [2.75, 3.05) is 11.9 Å². The number of pyridine rings is 1. The van der Waals surface area contributed by atoms with E-state index in [-0.39, 0.29) is 23.3 Å². The van der Waals surface area contributed by atoms with Crippen molar-refractivity contribution >= 4 is 11.7 Å². The number of nitrogens with zero attached hydrogens (tertiary/aromatic N) is 1. The smallest absolute Gasteiger partial charge is 0.254 e. The quantitative estimate of drug-likeness (QED) is 0.814. The standard InChI is InChI=1S/C11H14FN3O/c1-2-13-10-9(12)8(5-6-14-10)11(16)15-7-3-4-7/h5-7H,2-4H2,1H3,(H,13,14)(H,15,16). The molecule has 86 valence electrons. The predicted octanol–water partition coefficient (Wildman–Crippen LogP) is 1.54. The Morgan fingerprint density at radius 1 is 1.62 bits per heavy atom. The summed E-state index contributed by atoms with van der Waals surface area (Å²) >= 11 is 0. The molecule has 1 fully saturated rings. The van der Waals surface area contributed by atoms with Crippen molar-refractivity contribution in [3.8, 4) is 0 Å². The lowest BCUT2D eigenvalue weighted by atomic mass is 10.2. The molecule has 0 unspecified atom stereocenters. The molecule has 1 aromatic rings. The van der Waals surface area contributed by atoms with Crippen molar-refractivity contribution in [1.29, 1.82) is 0 Å². The van der Waals surface area contributed by atoms with Gasteiger partial charge in [-0.1, -0.05) is 0 Å². The second-order valence-electron chi connectivity index (χ2n) is 3.80. The minimum absolute atomic E-state index is 0.0536. The third-order valence-electron chi connectivity index (χ3n) is 2.39. The summed E-state index contributed by atoms with van der Waals surface area (Å²) in [4.78, 5) is 15.5. The van der Waals surface area contributed by atoms with Gasteiger partial charge in [-0.3, -0.25) is 4.79 Å². The van der Waals surface area contributed by atoms with E-state index in [1.54, 1.807) is 0 Å². The number of amides is 1. The number of hydrogen-bond acceptors (Lipinski definition) is 3. The zero-order valence-electron chi connectivity index (χ0n) is 9.09. The highest BCUT2D eigenvalue weighted by Crippen LogP contribution is 2.21. The first-order chi connectivity index (χ1) is 7.72. The Labute approximate surface area is 93.3 Å². The Balaban J connectivity index is 2.18. The van der Waals surface area contributed by atoms with Crippen LogP contribution in [-0.4, -0.2) is 23.5 Å². The zero-order valence-corrected chi connectivity index (χ0v) is 9.09. The van der Waals surface area contributed by atoms with Gasteiger partial charge in [0, 0.05) is 18.8 Å². The molecule has 0 saturated heterocycles. The minimum Gasteiger partial charge on any atom is -0.368 e. The van der Waals surface area contributed by atoms with E-state index >= 15 is 0 Å². The molecular formula is C11H14FN3O. The van der Waals surface area contributed by atoms with Crippen LogP contribution < -0.4 is 10.6 Å². The summed E-state index contributed by atoms with van der Waals surface area (Å²) in [5.41, 5.74) is 0.0536. The van der Waals surface area contributed by atoms with Gasteiger partial charge in [0.25, 0.3) is 5.91 Å². The number of rotatable bonds is 4. The van der Waals surface area contributed by atoms with E-state index in [1.807, 2.05) is 6.92 Å². The highest BCUT2D eigenvalue weighted by atomic mass is 19.1. The molecule has 0 bridgehead atoms. The molecule has 1 aliphatic rings. The van der Waals surface area contributed by atoms with E-state index in [0.717, 1.165) is 12.8 Å². The Kier molecular flexibility index (Phi) is 3.03. The molecule has 1 amide bonds. The maximum absolute atomic E-state index is 13.8. The van der Waals surface area contributed by atoms with Gasteiger partial charge < -0.3 is 10.6 Å². The molecule has 1 heterocycles. The Bertz CT molecular complexity index is 404. The fraction of sp³-hybridized carbons (Fsp3) is 0.455. The van der Waals surface area contributed by atoms with Crippen LogP contribution in [0, 0.1) is 5.82 Å². The third-order valence-corrected chi connectivity index (χ3v) is 2.39. The normalized spacial score (nSPS) is 14.6. The van der Waals surface area contributed by atoms with E-state index in [0.29, 0.717) is 6.54 Å². The van der Waals surface area contributed by atoms with Crippen molar-refractivity contribution < 1.29 is 9.18 Å². The summed E-state index contributed by atoms with van der Waals surface area (Å²) in [6.07, 6.45) is 3.40. The van der Waals surface area contributed by atoms with Gasteiger partial charge in [-0.05, 0) is 25.8 Å². The van der Waals surface area contributed by atoms with Crippen LogP contribution in [0.2, 0.25) is 0 Å². The van der Waals surface area contributed by atoms with Gasteiger partial charge in [-0.25, -0.2) is 9.37 Å². The molecule has 4 nitrogen and oxygen atoms in total. The SMILES string of the molecule is CCNc1nccc(C(=O)NC2CC2)c1F. The van der Waals surface area contributed by atoms with Crippen molar-refractivity contribution in [3.63, 3.8) is 0 Å². The molecule has 2 N–H and O–H groups in total. The van der Waals surface area contributed by atoms with Gasteiger partial charge in [0.1, 0.15) is 0 Å². The lowest BCUT2D eigenvalue weighted by molar-refractivity contribution is 0.0947. The van der Waals surface area contributed by atoms with Crippen molar-refractivity contribution in [3.05, 3.63) is 23.6 Å². The molecule has 0 radical (unpaired) electrons. The van der Waals surface area contributed by atoms with E-state index in [1.165, 1.54) is 12.3 Å². The second-order valence-corrected chi connectivity index (χ2v) is 3.80. The van der Waals surface area contributed by atoms with Crippen molar-refractivity contribution in [1.82, 2.24) is 10.3 Å². The third kappa shape index (κ3) is 2.29. The van der Waals surface area contributed by atoms with Crippen LogP contribution >= 0.6 is 0 Å². The van der Waals surface area contributed by atoms with E-state index < -0.39 is 5.82 Å². The van der Waals surface area contributed by atoms with E-state index in [4.69, 9.17) is 0 Å². The monoisotopic (exact) mass is 223 g/mol. The minimum atomic E-state index is -0.581. The van der Waals surface area contributed by atoms with Crippen LogP contribution in [0.25, 0.3) is 0 Å². The average Bonchev–Trinajstić information content (AvgIpc) is 3.05. The molecule has 0 aromatic carbocycles. The van der Waals surface area contributed by atoms with Crippen molar-refractivity contribution in [2.24, 2.45) is 0 Å². The Morgan fingerprint density at radius 3 is 3.00 bits per heavy atom. The molecule has 0 atom stereocenters. The molecule has 0 aliphatic heterocycles. The van der Waals surface area contributed by atoms with Crippen LogP contribution in [0.3, 0.4) is 0 Å². The predicted molar refractivity (Wildman–Crippen MR) is 58.8 cm³/mol. The summed E-state index contributed by atoms with van der Waals surface area (Å²) in [5.74, 6) is -0.810. The van der Waals surface area contributed by atoms with Crippen LogP contribution in [0.15, 0.2) is 12.3 Å². The van der Waals surface area contributed by atoms with Crippen molar-refractivity contribution in [2.45, 2.75) is 25.8 Å². The van der Waals surface area contributed by atoms with Crippen LogP contribution in [0.5, 0.6) is 0 Å². The highest BCUT2D eigenvalue weighted by Gasteiger charge is 2.25. The second kappa shape index (κ2) is 4.47. The van der Waals surface area contributed by atoms with E-state index in [9.17, 15) is 9.18 Å². The fourth-order valence-electron chi connectivity index (χ4n) is 1.40. The number of anilines is 1. The lowest BCUT2D eigenvalue weighted by Crippen LogP contribution is -2.26. The average molecular weight is 223 g/mol. The molecule has 0 spiro atoms. The topological polar surface area (TPSA) is 54.0 Å². The number of hydrogen-bond donors (Lipinski definition) is 2. The summed E-state index contributed by atoms with van der Waals surface area (Å²) < 4.78 is 13.8. The van der Waals surface area contributed by atoms with E-state index in [2.05, 4.69) is 15.6 Å². The summed E-state index contributed by atoms with van der Waals surface area (Å²) in [5, 5.41) is 5.52. The molecule has 16 heavy (non-hydrogen) atoms. The number of aromatic nitrogens is 1. The highest BCUT2D eigenvalue weighted by molar-refractivity contribution is 5.95. The molecular weight excluding hydrogens is 209 g/mol. The van der Waals surface area contributed by atoms with Gasteiger partial charge in [-0.2, -0.15) is 0 Å². The van der Waals surface area contributed by atoms with Crippen LogP contribution in [0.1, 0.15) is 30.1 Å². The first-order valence-electron chi connectivity index (χ1n) is 5.41. The van der Waals surface area contributed by atoms with Crippen LogP contribution in [-0.2, 0) is 0 Å². The number of halogens is 1. The largest absolute Gasteiger partial charge is 0.368 e. The summed E-state index contributed by atoms with van der Waals surface area (Å²) in [7, 11) is 0. The fourth-order valence-corrected chi connectivity index (χ4v) is 1.40.